The predicted molar refractivity (Wildman–Crippen MR) is 85.6 cm³/mol. The molecule has 0 unspecified atom stereocenters. The van der Waals surface area contributed by atoms with E-state index in [1.54, 1.807) is 29.7 Å². The molecule has 3 aromatic rings. The number of fused-ring (bicyclic) bond motifs is 1. The van der Waals surface area contributed by atoms with Crippen molar-refractivity contribution in [1.29, 1.82) is 5.26 Å². The number of nitriles is 1. The summed E-state index contributed by atoms with van der Waals surface area (Å²) in [5.74, 6) is -0.291. The average molecular weight is 362 g/mol. The molecule has 0 fully saturated rings. The molecule has 0 radical (unpaired) electrons. The van der Waals surface area contributed by atoms with Crippen molar-refractivity contribution in [1.82, 2.24) is 9.55 Å². The predicted octanol–water partition coefficient (Wildman–Crippen LogP) is 4.77. The standard InChI is InChI=1S/C15H9BrFN3S/c1-8-4-14-12(6-11(8)17)19-15(21)20(14)13-5-10(16)3-2-9(13)7-18/h2-6H,1H3,(H,19,21). The van der Waals surface area contributed by atoms with E-state index in [4.69, 9.17) is 12.2 Å². The van der Waals surface area contributed by atoms with Crippen LogP contribution < -0.4 is 0 Å². The van der Waals surface area contributed by atoms with Gasteiger partial charge in [0.15, 0.2) is 4.77 Å². The number of aromatic nitrogens is 2. The molecule has 0 spiro atoms. The summed E-state index contributed by atoms with van der Waals surface area (Å²) in [6.45, 7) is 1.70. The first-order valence-corrected chi connectivity index (χ1v) is 7.32. The average Bonchev–Trinajstić information content (AvgIpc) is 2.74. The molecule has 1 heterocycles. The van der Waals surface area contributed by atoms with Crippen molar-refractivity contribution in [2.45, 2.75) is 6.92 Å². The van der Waals surface area contributed by atoms with Crippen molar-refractivity contribution in [3.63, 3.8) is 0 Å². The minimum atomic E-state index is -0.291. The third-order valence-electron chi connectivity index (χ3n) is 3.28. The summed E-state index contributed by atoms with van der Waals surface area (Å²) >= 11 is 8.73. The Bertz CT molecular complexity index is 965. The van der Waals surface area contributed by atoms with Crippen LogP contribution in [0.1, 0.15) is 11.1 Å². The zero-order valence-corrected chi connectivity index (χ0v) is 13.3. The maximum Gasteiger partial charge on any atom is 0.182 e. The molecule has 0 atom stereocenters. The van der Waals surface area contributed by atoms with Gasteiger partial charge >= 0.3 is 0 Å². The van der Waals surface area contributed by atoms with Crippen molar-refractivity contribution in [3.8, 4) is 11.8 Å². The Hall–Kier alpha value is -1.97. The van der Waals surface area contributed by atoms with Gasteiger partial charge in [-0.3, -0.25) is 4.57 Å². The summed E-state index contributed by atoms with van der Waals surface area (Å²) in [5, 5.41) is 9.29. The Labute approximate surface area is 133 Å². The molecule has 0 amide bonds. The first-order chi connectivity index (χ1) is 10.0. The third kappa shape index (κ3) is 2.28. The largest absolute Gasteiger partial charge is 0.330 e. The van der Waals surface area contributed by atoms with E-state index in [2.05, 4.69) is 27.0 Å². The molecule has 2 aromatic carbocycles. The van der Waals surface area contributed by atoms with Crippen molar-refractivity contribution in [3.05, 3.63) is 56.5 Å². The zero-order valence-electron chi connectivity index (χ0n) is 10.9. The molecule has 21 heavy (non-hydrogen) atoms. The Morgan fingerprint density at radius 3 is 2.81 bits per heavy atom. The highest BCUT2D eigenvalue weighted by molar-refractivity contribution is 9.10. The molecule has 1 N–H and O–H groups in total. The second-order valence-electron chi connectivity index (χ2n) is 4.66. The quantitative estimate of drug-likeness (QED) is 0.634. The number of nitrogens with zero attached hydrogens (tertiary/aromatic N) is 2. The van der Waals surface area contributed by atoms with Gasteiger partial charge in [-0.1, -0.05) is 15.9 Å². The van der Waals surface area contributed by atoms with E-state index in [0.29, 0.717) is 27.1 Å². The number of aromatic amines is 1. The van der Waals surface area contributed by atoms with Crippen molar-refractivity contribution in [2.24, 2.45) is 0 Å². The van der Waals surface area contributed by atoms with Gasteiger partial charge in [-0.25, -0.2) is 4.39 Å². The van der Waals surface area contributed by atoms with Gasteiger partial charge in [0.1, 0.15) is 11.9 Å². The number of rotatable bonds is 1. The Morgan fingerprint density at radius 2 is 2.10 bits per heavy atom. The summed E-state index contributed by atoms with van der Waals surface area (Å²) in [6.07, 6.45) is 0. The van der Waals surface area contributed by atoms with Crippen molar-refractivity contribution >= 4 is 39.2 Å². The lowest BCUT2D eigenvalue weighted by Crippen LogP contribution is -1.98. The summed E-state index contributed by atoms with van der Waals surface area (Å²) in [5.41, 5.74) is 3.03. The fourth-order valence-corrected chi connectivity index (χ4v) is 2.91. The highest BCUT2D eigenvalue weighted by Gasteiger charge is 2.13. The molecule has 6 heteroatoms. The Kier molecular flexibility index (Phi) is 3.40. The van der Waals surface area contributed by atoms with Gasteiger partial charge in [-0.2, -0.15) is 5.26 Å². The van der Waals surface area contributed by atoms with Crippen LogP contribution in [0.5, 0.6) is 0 Å². The fraction of sp³-hybridized carbons (Fsp3) is 0.0667. The molecule has 0 saturated heterocycles. The molecule has 0 aliphatic carbocycles. The van der Waals surface area contributed by atoms with Gasteiger partial charge in [0.2, 0.25) is 0 Å². The van der Waals surface area contributed by atoms with Crippen LogP contribution in [0.2, 0.25) is 0 Å². The van der Waals surface area contributed by atoms with Crippen LogP contribution in [0.4, 0.5) is 4.39 Å². The maximum atomic E-state index is 13.7. The monoisotopic (exact) mass is 361 g/mol. The van der Waals surface area contributed by atoms with E-state index in [0.717, 1.165) is 9.99 Å². The lowest BCUT2D eigenvalue weighted by Gasteiger charge is -2.08. The Morgan fingerprint density at radius 1 is 1.33 bits per heavy atom. The third-order valence-corrected chi connectivity index (χ3v) is 4.06. The van der Waals surface area contributed by atoms with Crippen LogP contribution in [0, 0.1) is 28.8 Å². The molecule has 0 aliphatic rings. The SMILES string of the molecule is Cc1cc2c(cc1F)[nH]c(=S)n2-c1cc(Br)ccc1C#N. The van der Waals surface area contributed by atoms with Crippen LogP contribution in [-0.2, 0) is 0 Å². The smallest absolute Gasteiger partial charge is 0.182 e. The van der Waals surface area contributed by atoms with Gasteiger partial charge < -0.3 is 4.98 Å². The zero-order chi connectivity index (χ0) is 15.1. The van der Waals surface area contributed by atoms with Crippen LogP contribution >= 0.6 is 28.1 Å². The molecule has 1 aromatic heterocycles. The first kappa shape index (κ1) is 14.0. The van der Waals surface area contributed by atoms with E-state index < -0.39 is 0 Å². The molecule has 0 saturated carbocycles. The molecular weight excluding hydrogens is 353 g/mol. The number of H-pyrrole nitrogens is 1. The molecule has 3 nitrogen and oxygen atoms in total. The van der Waals surface area contributed by atoms with Gasteiger partial charge in [-0.15, -0.1) is 0 Å². The number of benzene rings is 2. The highest BCUT2D eigenvalue weighted by Crippen LogP contribution is 2.26. The van der Waals surface area contributed by atoms with Crippen LogP contribution in [0.25, 0.3) is 16.7 Å². The second kappa shape index (κ2) is 5.10. The van der Waals surface area contributed by atoms with Crippen molar-refractivity contribution < 1.29 is 4.39 Å². The summed E-state index contributed by atoms with van der Waals surface area (Å²) < 4.78 is 16.7. The van der Waals surface area contributed by atoms with Crippen molar-refractivity contribution in [2.75, 3.05) is 0 Å². The number of hydrogen-bond donors (Lipinski definition) is 1. The van der Waals surface area contributed by atoms with Crippen LogP contribution in [0.3, 0.4) is 0 Å². The lowest BCUT2D eigenvalue weighted by atomic mass is 10.1. The first-order valence-electron chi connectivity index (χ1n) is 6.12. The van der Waals surface area contributed by atoms with Gasteiger partial charge in [0, 0.05) is 4.47 Å². The van der Waals surface area contributed by atoms with Gasteiger partial charge in [-0.05, 0) is 55.0 Å². The summed E-state index contributed by atoms with van der Waals surface area (Å²) in [4.78, 5) is 2.98. The van der Waals surface area contributed by atoms with E-state index in [9.17, 15) is 9.65 Å². The Balaban J connectivity index is 2.44. The maximum absolute atomic E-state index is 13.7. The van der Waals surface area contributed by atoms with Gasteiger partial charge in [0.25, 0.3) is 0 Å². The number of aryl methyl sites for hydroxylation is 1. The molecule has 104 valence electrons. The van der Waals surface area contributed by atoms with Crippen LogP contribution in [0.15, 0.2) is 34.8 Å². The van der Waals surface area contributed by atoms with E-state index in [1.165, 1.54) is 6.07 Å². The van der Waals surface area contributed by atoms with E-state index >= 15 is 0 Å². The molecule has 0 aliphatic heterocycles. The number of nitrogens with one attached hydrogen (secondary N) is 1. The lowest BCUT2D eigenvalue weighted by molar-refractivity contribution is 0.620. The highest BCUT2D eigenvalue weighted by atomic mass is 79.9. The summed E-state index contributed by atoms with van der Waals surface area (Å²) in [7, 11) is 0. The van der Waals surface area contributed by atoms with E-state index in [-0.39, 0.29) is 5.82 Å². The number of halogens is 2. The topological polar surface area (TPSA) is 44.5 Å². The molecule has 3 rings (SSSR count). The minimum absolute atomic E-state index is 0.291. The number of hydrogen-bond acceptors (Lipinski definition) is 2. The second-order valence-corrected chi connectivity index (χ2v) is 5.96. The fourth-order valence-electron chi connectivity index (χ4n) is 2.26. The number of imidazole rings is 1. The van der Waals surface area contributed by atoms with E-state index in [1.807, 2.05) is 6.07 Å². The van der Waals surface area contributed by atoms with Gasteiger partial charge in [0.05, 0.1) is 22.3 Å². The van der Waals surface area contributed by atoms with Crippen LogP contribution in [-0.4, -0.2) is 9.55 Å². The minimum Gasteiger partial charge on any atom is -0.330 e. The molecular formula is C15H9BrFN3S. The summed E-state index contributed by atoms with van der Waals surface area (Å²) in [6, 6.07) is 10.6. The normalized spacial score (nSPS) is 10.8. The molecule has 0 bridgehead atoms.